The molecule has 0 aromatic heterocycles. The maximum absolute atomic E-state index is 12.0. The number of hydrogen-bond donors (Lipinski definition) is 1. The van der Waals surface area contributed by atoms with Crippen molar-refractivity contribution in [3.8, 4) is 0 Å². The van der Waals surface area contributed by atoms with Crippen molar-refractivity contribution in [1.29, 1.82) is 0 Å². The van der Waals surface area contributed by atoms with E-state index in [4.69, 9.17) is 0 Å². The Morgan fingerprint density at radius 1 is 1.31 bits per heavy atom. The van der Waals surface area contributed by atoms with E-state index in [1.807, 2.05) is 26.0 Å². The minimum absolute atomic E-state index is 0.0571. The van der Waals surface area contributed by atoms with Crippen LogP contribution in [0.3, 0.4) is 0 Å². The first-order chi connectivity index (χ1) is 7.49. The fourth-order valence-corrected chi connectivity index (χ4v) is 3.18. The van der Waals surface area contributed by atoms with E-state index in [-0.39, 0.29) is 5.88 Å². The number of hydrogen-bond acceptors (Lipinski definition) is 3. The fourth-order valence-electron chi connectivity index (χ4n) is 1.74. The highest BCUT2D eigenvalue weighted by molar-refractivity contribution is 7.91. The van der Waals surface area contributed by atoms with Crippen LogP contribution in [0.2, 0.25) is 0 Å². The molecule has 2 rings (SSSR count). The topological polar surface area (TPSA) is 46.2 Å². The number of benzene rings is 1. The van der Waals surface area contributed by atoms with Gasteiger partial charge >= 0.3 is 0 Å². The normalized spacial score (nSPS) is 16.4. The minimum atomic E-state index is -3.17. The minimum Gasteiger partial charge on any atom is -0.301 e. The zero-order chi connectivity index (χ0) is 11.8. The highest BCUT2D eigenvalue weighted by atomic mass is 32.2. The second kappa shape index (κ2) is 4.18. The summed E-state index contributed by atoms with van der Waals surface area (Å²) in [7, 11) is -3.17. The summed E-state index contributed by atoms with van der Waals surface area (Å²) in [5, 5.41) is 3.05. The van der Waals surface area contributed by atoms with Crippen molar-refractivity contribution >= 4 is 9.84 Å². The molecule has 0 spiro atoms. The lowest BCUT2D eigenvalue weighted by Crippen LogP contribution is -2.25. The maximum atomic E-state index is 12.0. The Kier molecular flexibility index (Phi) is 3.04. The summed E-state index contributed by atoms with van der Waals surface area (Å²) in [6.07, 6.45) is 2.20. The van der Waals surface area contributed by atoms with Crippen molar-refractivity contribution in [3.63, 3.8) is 0 Å². The summed E-state index contributed by atoms with van der Waals surface area (Å²) in [5.41, 5.74) is 1.92. The van der Waals surface area contributed by atoms with E-state index < -0.39 is 9.84 Å². The lowest BCUT2D eigenvalue weighted by molar-refractivity contribution is 0.585. The van der Waals surface area contributed by atoms with Crippen molar-refractivity contribution in [1.82, 2.24) is 5.32 Å². The Bertz CT molecular complexity index is 490. The van der Waals surface area contributed by atoms with Crippen LogP contribution in [-0.4, -0.2) is 20.3 Å². The second-order valence-electron chi connectivity index (χ2n) is 4.51. The van der Waals surface area contributed by atoms with Gasteiger partial charge in [-0.2, -0.15) is 0 Å². The Hall–Kier alpha value is -0.870. The zero-order valence-corrected chi connectivity index (χ0v) is 10.5. The Morgan fingerprint density at radius 2 is 2.00 bits per heavy atom. The molecule has 1 aliphatic rings. The highest BCUT2D eigenvalue weighted by Crippen LogP contribution is 2.21. The quantitative estimate of drug-likeness (QED) is 0.871. The van der Waals surface area contributed by atoms with Crippen LogP contribution in [0.4, 0.5) is 0 Å². The van der Waals surface area contributed by atoms with Gasteiger partial charge in [0.2, 0.25) is 0 Å². The van der Waals surface area contributed by atoms with Gasteiger partial charge in [-0.1, -0.05) is 17.7 Å². The molecular formula is C12H17NO2S. The van der Waals surface area contributed by atoms with Crippen LogP contribution >= 0.6 is 0 Å². The first kappa shape index (κ1) is 11.6. The first-order valence-corrected chi connectivity index (χ1v) is 7.18. The van der Waals surface area contributed by atoms with E-state index in [2.05, 4.69) is 5.32 Å². The zero-order valence-electron chi connectivity index (χ0n) is 9.66. The molecule has 0 saturated heterocycles. The van der Waals surface area contributed by atoms with Gasteiger partial charge in [-0.05, 0) is 38.3 Å². The Labute approximate surface area is 96.8 Å². The predicted octanol–water partition coefficient (Wildman–Crippen LogP) is 1.79. The Balaban J connectivity index is 2.20. The molecule has 3 nitrogen and oxygen atoms in total. The summed E-state index contributed by atoms with van der Waals surface area (Å²) >= 11 is 0. The third-order valence-electron chi connectivity index (χ3n) is 2.80. The van der Waals surface area contributed by atoms with E-state index in [1.54, 1.807) is 6.07 Å². The number of sulfone groups is 1. The summed E-state index contributed by atoms with van der Waals surface area (Å²) in [6.45, 7) is 3.81. The van der Waals surface area contributed by atoms with Crippen LogP contribution in [0.5, 0.6) is 0 Å². The molecule has 1 saturated carbocycles. The molecule has 0 radical (unpaired) electrons. The smallest absolute Gasteiger partial charge is 0.191 e. The molecule has 1 N–H and O–H groups in total. The van der Waals surface area contributed by atoms with Crippen LogP contribution in [0.1, 0.15) is 24.0 Å². The van der Waals surface area contributed by atoms with Crippen molar-refractivity contribution in [3.05, 3.63) is 29.3 Å². The summed E-state index contributed by atoms with van der Waals surface area (Å²) in [5.74, 6) is 0.0571. The second-order valence-corrected chi connectivity index (χ2v) is 6.46. The van der Waals surface area contributed by atoms with Gasteiger partial charge in [0.1, 0.15) is 5.88 Å². The maximum Gasteiger partial charge on any atom is 0.191 e. The van der Waals surface area contributed by atoms with Gasteiger partial charge in [-0.3, -0.25) is 0 Å². The van der Waals surface area contributed by atoms with Gasteiger partial charge in [-0.25, -0.2) is 8.42 Å². The first-order valence-electron chi connectivity index (χ1n) is 5.52. The van der Waals surface area contributed by atoms with Crippen molar-refractivity contribution in [2.24, 2.45) is 0 Å². The van der Waals surface area contributed by atoms with Crippen LogP contribution < -0.4 is 5.32 Å². The molecule has 16 heavy (non-hydrogen) atoms. The molecule has 1 aromatic carbocycles. The molecule has 0 unspecified atom stereocenters. The van der Waals surface area contributed by atoms with Crippen molar-refractivity contribution in [2.45, 2.75) is 37.6 Å². The van der Waals surface area contributed by atoms with Gasteiger partial charge in [0.05, 0.1) is 4.90 Å². The summed E-state index contributed by atoms with van der Waals surface area (Å²) < 4.78 is 24.1. The van der Waals surface area contributed by atoms with Gasteiger partial charge in [-0.15, -0.1) is 0 Å². The third kappa shape index (κ3) is 2.62. The third-order valence-corrected chi connectivity index (χ3v) is 4.48. The van der Waals surface area contributed by atoms with Gasteiger partial charge in [0.25, 0.3) is 0 Å². The molecule has 0 amide bonds. The van der Waals surface area contributed by atoms with E-state index in [1.165, 1.54) is 0 Å². The summed E-state index contributed by atoms with van der Waals surface area (Å²) in [6, 6.07) is 5.87. The number of rotatable bonds is 4. The molecule has 4 heteroatoms. The largest absolute Gasteiger partial charge is 0.301 e. The lowest BCUT2D eigenvalue weighted by Gasteiger charge is -2.09. The molecule has 0 bridgehead atoms. The average Bonchev–Trinajstić information content (AvgIpc) is 2.97. The standard InChI is InChI=1S/C12H17NO2S/c1-9-3-6-12(10(2)7-9)16(14,15)8-13-11-4-5-11/h3,6-7,11,13H,4-5,8H2,1-2H3. The van der Waals surface area contributed by atoms with E-state index >= 15 is 0 Å². The van der Waals surface area contributed by atoms with Gasteiger partial charge in [0.15, 0.2) is 9.84 Å². The highest BCUT2D eigenvalue weighted by Gasteiger charge is 2.24. The molecular weight excluding hydrogens is 222 g/mol. The number of aryl methyl sites for hydroxylation is 2. The molecule has 1 fully saturated rings. The molecule has 88 valence electrons. The molecule has 0 heterocycles. The summed E-state index contributed by atoms with van der Waals surface area (Å²) in [4.78, 5) is 0.450. The van der Waals surface area contributed by atoms with Gasteiger partial charge < -0.3 is 5.32 Å². The van der Waals surface area contributed by atoms with Crippen LogP contribution in [0.25, 0.3) is 0 Å². The molecule has 0 atom stereocenters. The van der Waals surface area contributed by atoms with E-state index in [9.17, 15) is 8.42 Å². The lowest BCUT2D eigenvalue weighted by atomic mass is 10.2. The number of nitrogens with one attached hydrogen (secondary N) is 1. The molecule has 1 aliphatic carbocycles. The molecule has 0 aliphatic heterocycles. The van der Waals surface area contributed by atoms with Crippen LogP contribution in [0, 0.1) is 13.8 Å². The van der Waals surface area contributed by atoms with Crippen LogP contribution in [0.15, 0.2) is 23.1 Å². The van der Waals surface area contributed by atoms with E-state index in [0.717, 1.165) is 24.0 Å². The van der Waals surface area contributed by atoms with E-state index in [0.29, 0.717) is 10.9 Å². The molecule has 1 aromatic rings. The van der Waals surface area contributed by atoms with Crippen LogP contribution in [-0.2, 0) is 9.84 Å². The monoisotopic (exact) mass is 239 g/mol. The average molecular weight is 239 g/mol. The predicted molar refractivity (Wildman–Crippen MR) is 64.1 cm³/mol. The Morgan fingerprint density at radius 3 is 2.56 bits per heavy atom. The van der Waals surface area contributed by atoms with Crippen molar-refractivity contribution in [2.75, 3.05) is 5.88 Å². The van der Waals surface area contributed by atoms with Gasteiger partial charge in [0, 0.05) is 6.04 Å². The van der Waals surface area contributed by atoms with Crippen molar-refractivity contribution < 1.29 is 8.42 Å². The fraction of sp³-hybridized carbons (Fsp3) is 0.500. The SMILES string of the molecule is Cc1ccc(S(=O)(=O)CNC2CC2)c(C)c1.